The summed E-state index contributed by atoms with van der Waals surface area (Å²) in [4.78, 5) is 53.9. The standard InChI is InChI=1S/C24H23F3N4O5/c1-36-21(33)9-8-20(32)29-14-2-4-15(5-3-14)31-23(34)17-10-13(25)12-28-22(17)30(24(31)35)16-6-7-18(26)19(27)11-16/h6-7,10-12,14-15H,2-5,8-9H2,1H3,(H,29,32)/t14-,15+. The van der Waals surface area contributed by atoms with Crippen LogP contribution < -0.4 is 16.6 Å². The molecule has 1 aliphatic carbocycles. The van der Waals surface area contributed by atoms with Gasteiger partial charge in [-0.3, -0.25) is 19.0 Å². The van der Waals surface area contributed by atoms with Crippen LogP contribution in [0.2, 0.25) is 0 Å². The van der Waals surface area contributed by atoms with Gasteiger partial charge >= 0.3 is 11.7 Å². The van der Waals surface area contributed by atoms with Gasteiger partial charge in [0.15, 0.2) is 17.3 Å². The SMILES string of the molecule is COC(=O)CCC(=O)N[C@H]1CC[C@@H](n2c(=O)c3cc(F)cnc3n(-c3ccc(F)c(F)c3)c2=O)CC1. The maximum absolute atomic E-state index is 14.0. The first-order valence-electron chi connectivity index (χ1n) is 11.3. The molecule has 1 N–H and O–H groups in total. The van der Waals surface area contributed by atoms with Gasteiger partial charge in [0.25, 0.3) is 5.56 Å². The average Bonchev–Trinajstić information content (AvgIpc) is 2.86. The number of benzene rings is 1. The molecule has 36 heavy (non-hydrogen) atoms. The number of pyridine rings is 1. The molecule has 12 heteroatoms. The highest BCUT2D eigenvalue weighted by Crippen LogP contribution is 2.27. The minimum Gasteiger partial charge on any atom is -0.469 e. The minimum absolute atomic E-state index is 0.0196. The molecule has 1 aromatic carbocycles. The second-order valence-corrected chi connectivity index (χ2v) is 8.57. The summed E-state index contributed by atoms with van der Waals surface area (Å²) in [5.74, 6) is -3.91. The number of halogens is 3. The predicted octanol–water partition coefficient (Wildman–Crippen LogP) is 2.52. The zero-order valence-corrected chi connectivity index (χ0v) is 19.3. The normalized spacial score (nSPS) is 17.7. The van der Waals surface area contributed by atoms with Crippen molar-refractivity contribution in [1.82, 2.24) is 19.4 Å². The van der Waals surface area contributed by atoms with E-state index in [9.17, 15) is 32.3 Å². The van der Waals surface area contributed by atoms with Gasteiger partial charge in [-0.15, -0.1) is 0 Å². The van der Waals surface area contributed by atoms with E-state index in [4.69, 9.17) is 0 Å². The van der Waals surface area contributed by atoms with Crippen LogP contribution in [-0.4, -0.2) is 39.1 Å². The number of fused-ring (bicyclic) bond motifs is 1. The fourth-order valence-corrected chi connectivity index (χ4v) is 4.46. The molecule has 0 aliphatic heterocycles. The van der Waals surface area contributed by atoms with Gasteiger partial charge in [0.05, 0.1) is 30.8 Å². The Hall–Kier alpha value is -3.96. The fraction of sp³-hybridized carbons (Fsp3) is 0.375. The lowest BCUT2D eigenvalue weighted by Gasteiger charge is -2.30. The lowest BCUT2D eigenvalue weighted by molar-refractivity contribution is -0.142. The molecule has 1 aliphatic rings. The Labute approximate surface area is 202 Å². The van der Waals surface area contributed by atoms with E-state index in [0.29, 0.717) is 25.7 Å². The van der Waals surface area contributed by atoms with E-state index >= 15 is 0 Å². The third-order valence-electron chi connectivity index (χ3n) is 6.26. The Morgan fingerprint density at radius 1 is 1.06 bits per heavy atom. The van der Waals surface area contributed by atoms with Gasteiger partial charge in [0.2, 0.25) is 5.91 Å². The summed E-state index contributed by atoms with van der Waals surface area (Å²) in [6.07, 6.45) is 2.37. The first-order chi connectivity index (χ1) is 17.2. The van der Waals surface area contributed by atoms with E-state index in [2.05, 4.69) is 15.0 Å². The molecule has 1 fully saturated rings. The summed E-state index contributed by atoms with van der Waals surface area (Å²) in [5, 5.41) is 2.65. The molecule has 1 saturated carbocycles. The van der Waals surface area contributed by atoms with Crippen molar-refractivity contribution in [3.8, 4) is 5.69 Å². The maximum Gasteiger partial charge on any atom is 0.337 e. The number of hydrogen-bond acceptors (Lipinski definition) is 6. The second-order valence-electron chi connectivity index (χ2n) is 8.57. The lowest BCUT2D eigenvalue weighted by Crippen LogP contribution is -2.45. The molecule has 2 heterocycles. The lowest BCUT2D eigenvalue weighted by atomic mass is 9.90. The Balaban J connectivity index is 1.65. The topological polar surface area (TPSA) is 112 Å². The van der Waals surface area contributed by atoms with E-state index < -0.39 is 40.7 Å². The molecule has 2 aromatic heterocycles. The van der Waals surface area contributed by atoms with Gasteiger partial charge in [0, 0.05) is 24.6 Å². The summed E-state index contributed by atoms with van der Waals surface area (Å²) in [7, 11) is 1.24. The molecule has 3 aromatic rings. The molecule has 0 spiro atoms. The smallest absolute Gasteiger partial charge is 0.337 e. The van der Waals surface area contributed by atoms with Crippen LogP contribution >= 0.6 is 0 Å². The summed E-state index contributed by atoms with van der Waals surface area (Å²) in [6, 6.07) is 2.98. The van der Waals surface area contributed by atoms with E-state index in [1.807, 2.05) is 0 Å². The van der Waals surface area contributed by atoms with Crippen molar-refractivity contribution in [1.29, 1.82) is 0 Å². The Kier molecular flexibility index (Phi) is 7.22. The van der Waals surface area contributed by atoms with E-state index in [1.165, 1.54) is 13.2 Å². The Morgan fingerprint density at radius 3 is 2.44 bits per heavy atom. The minimum atomic E-state index is -1.20. The highest BCUT2D eigenvalue weighted by atomic mass is 19.2. The van der Waals surface area contributed by atoms with Crippen LogP contribution in [0.3, 0.4) is 0 Å². The van der Waals surface area contributed by atoms with Gasteiger partial charge in [-0.1, -0.05) is 0 Å². The van der Waals surface area contributed by atoms with Crippen LogP contribution in [0.1, 0.15) is 44.6 Å². The first-order valence-corrected chi connectivity index (χ1v) is 11.3. The number of methoxy groups -OCH3 is 1. The zero-order chi connectivity index (χ0) is 26.0. The van der Waals surface area contributed by atoms with Crippen molar-refractivity contribution < 1.29 is 27.5 Å². The van der Waals surface area contributed by atoms with Crippen LogP contribution in [0.5, 0.6) is 0 Å². The molecular weight excluding hydrogens is 481 g/mol. The quantitative estimate of drug-likeness (QED) is 0.517. The van der Waals surface area contributed by atoms with Crippen molar-refractivity contribution >= 4 is 22.9 Å². The fourth-order valence-electron chi connectivity index (χ4n) is 4.46. The summed E-state index contributed by atoms with van der Waals surface area (Å²) in [5.41, 5.74) is -1.81. The molecule has 190 valence electrons. The number of amides is 1. The van der Waals surface area contributed by atoms with E-state index in [0.717, 1.165) is 33.5 Å². The molecule has 0 atom stereocenters. The van der Waals surface area contributed by atoms with Gasteiger partial charge in [-0.25, -0.2) is 27.5 Å². The van der Waals surface area contributed by atoms with Crippen LogP contribution in [-0.2, 0) is 14.3 Å². The second kappa shape index (κ2) is 10.3. The summed E-state index contributed by atoms with van der Waals surface area (Å²) in [6.45, 7) is 0. The molecule has 0 radical (unpaired) electrons. The first kappa shape index (κ1) is 25.1. The highest BCUT2D eigenvalue weighted by Gasteiger charge is 2.28. The Morgan fingerprint density at radius 2 is 1.78 bits per heavy atom. The molecule has 1 amide bonds. The molecular formula is C24H23F3N4O5. The van der Waals surface area contributed by atoms with Crippen LogP contribution in [0.25, 0.3) is 16.7 Å². The van der Waals surface area contributed by atoms with Gasteiger partial charge < -0.3 is 10.1 Å². The highest BCUT2D eigenvalue weighted by molar-refractivity contribution is 5.81. The van der Waals surface area contributed by atoms with Crippen LogP contribution in [0.4, 0.5) is 13.2 Å². The number of nitrogens with one attached hydrogen (secondary N) is 1. The van der Waals surface area contributed by atoms with Crippen LogP contribution in [0.15, 0.2) is 40.1 Å². The molecule has 0 unspecified atom stereocenters. The monoisotopic (exact) mass is 504 g/mol. The number of rotatable bonds is 6. The number of esters is 1. The van der Waals surface area contributed by atoms with Crippen LogP contribution in [0, 0.1) is 17.5 Å². The molecule has 9 nitrogen and oxygen atoms in total. The van der Waals surface area contributed by atoms with Gasteiger partial charge in [0.1, 0.15) is 5.82 Å². The molecule has 0 saturated heterocycles. The van der Waals surface area contributed by atoms with Crippen molar-refractivity contribution in [2.24, 2.45) is 0 Å². The number of aromatic nitrogens is 3. The molecule has 4 rings (SSSR count). The zero-order valence-electron chi connectivity index (χ0n) is 19.3. The number of ether oxygens (including phenoxy) is 1. The Bertz CT molecular complexity index is 1440. The van der Waals surface area contributed by atoms with Crippen molar-refractivity contribution in [3.05, 3.63) is 68.8 Å². The van der Waals surface area contributed by atoms with Crippen molar-refractivity contribution in [2.45, 2.75) is 50.6 Å². The summed E-state index contributed by atoms with van der Waals surface area (Å²) >= 11 is 0. The largest absolute Gasteiger partial charge is 0.469 e. The maximum atomic E-state index is 14.0. The predicted molar refractivity (Wildman–Crippen MR) is 122 cm³/mol. The van der Waals surface area contributed by atoms with Gasteiger partial charge in [-0.2, -0.15) is 0 Å². The van der Waals surface area contributed by atoms with Gasteiger partial charge in [-0.05, 0) is 43.9 Å². The van der Waals surface area contributed by atoms with E-state index in [1.54, 1.807) is 0 Å². The molecule has 0 bridgehead atoms. The third kappa shape index (κ3) is 5.02. The number of carbonyl (C=O) groups is 2. The summed E-state index contributed by atoms with van der Waals surface area (Å²) < 4.78 is 47.9. The third-order valence-corrected chi connectivity index (χ3v) is 6.26. The average molecular weight is 504 g/mol. The number of carbonyl (C=O) groups excluding carboxylic acids is 2. The van der Waals surface area contributed by atoms with Crippen molar-refractivity contribution in [2.75, 3.05) is 7.11 Å². The number of nitrogens with zero attached hydrogens (tertiary/aromatic N) is 3. The van der Waals surface area contributed by atoms with E-state index in [-0.39, 0.29) is 41.5 Å². The number of hydrogen-bond donors (Lipinski definition) is 1. The van der Waals surface area contributed by atoms with Crippen molar-refractivity contribution in [3.63, 3.8) is 0 Å².